The van der Waals surface area contributed by atoms with Crippen molar-refractivity contribution in [3.8, 4) is 0 Å². The first kappa shape index (κ1) is 17.0. The largest absolute Gasteiger partial charge is 0.357 e. The van der Waals surface area contributed by atoms with E-state index < -0.39 is 0 Å². The molecule has 7 nitrogen and oxygen atoms in total. The number of fused-ring (bicyclic) bond motifs is 1. The van der Waals surface area contributed by atoms with Crippen molar-refractivity contribution in [1.29, 1.82) is 0 Å². The van der Waals surface area contributed by atoms with Gasteiger partial charge in [-0.05, 0) is 39.0 Å². The van der Waals surface area contributed by atoms with Crippen LogP contribution < -0.4 is 16.3 Å². The fourth-order valence-electron chi connectivity index (χ4n) is 3.59. The molecule has 0 spiro atoms. The third-order valence-corrected chi connectivity index (χ3v) is 4.87. The third kappa shape index (κ3) is 4.19. The van der Waals surface area contributed by atoms with Gasteiger partial charge in [0.05, 0.1) is 0 Å². The van der Waals surface area contributed by atoms with Crippen molar-refractivity contribution in [2.45, 2.75) is 77.4 Å². The zero-order chi connectivity index (χ0) is 16.8. The Morgan fingerprint density at radius 1 is 1.29 bits per heavy atom. The maximum absolute atomic E-state index is 12.3. The first-order valence-electron chi connectivity index (χ1n) is 9.49. The van der Waals surface area contributed by atoms with Gasteiger partial charge in [-0.2, -0.15) is 5.10 Å². The second-order valence-electron chi connectivity index (χ2n) is 6.77. The van der Waals surface area contributed by atoms with Crippen LogP contribution in [0.1, 0.15) is 57.7 Å². The molecular formula is C17H30N6O. The van der Waals surface area contributed by atoms with E-state index in [1.54, 1.807) is 4.68 Å². The van der Waals surface area contributed by atoms with Crippen molar-refractivity contribution in [2.24, 2.45) is 4.99 Å². The molecule has 1 saturated carbocycles. The van der Waals surface area contributed by atoms with Gasteiger partial charge in [0.1, 0.15) is 5.82 Å². The van der Waals surface area contributed by atoms with Crippen LogP contribution in [0.5, 0.6) is 0 Å². The van der Waals surface area contributed by atoms with Crippen LogP contribution in [0.3, 0.4) is 0 Å². The van der Waals surface area contributed by atoms with Crippen molar-refractivity contribution < 1.29 is 0 Å². The van der Waals surface area contributed by atoms with Gasteiger partial charge in [-0.1, -0.05) is 12.8 Å². The minimum atomic E-state index is 0.0460. The molecule has 0 bridgehead atoms. The number of nitrogens with one attached hydrogen (secondary N) is 2. The second kappa shape index (κ2) is 8.35. The van der Waals surface area contributed by atoms with Crippen LogP contribution in [0.15, 0.2) is 9.79 Å². The van der Waals surface area contributed by atoms with E-state index in [9.17, 15) is 4.79 Å². The Balaban J connectivity index is 1.51. The second-order valence-corrected chi connectivity index (χ2v) is 6.77. The average molecular weight is 334 g/mol. The first-order valence-corrected chi connectivity index (χ1v) is 9.49. The van der Waals surface area contributed by atoms with E-state index in [1.807, 2.05) is 4.57 Å². The minimum Gasteiger partial charge on any atom is -0.357 e. The Labute approximate surface area is 143 Å². The van der Waals surface area contributed by atoms with Crippen LogP contribution >= 0.6 is 0 Å². The van der Waals surface area contributed by atoms with Crippen molar-refractivity contribution in [1.82, 2.24) is 25.0 Å². The summed E-state index contributed by atoms with van der Waals surface area (Å²) in [6, 6.07) is 0.560. The Morgan fingerprint density at radius 3 is 2.88 bits per heavy atom. The van der Waals surface area contributed by atoms with Crippen LogP contribution in [0.25, 0.3) is 0 Å². The summed E-state index contributed by atoms with van der Waals surface area (Å²) in [6.07, 6.45) is 9.07. The van der Waals surface area contributed by atoms with Crippen molar-refractivity contribution in [3.63, 3.8) is 0 Å². The number of guanidine groups is 1. The standard InChI is InChI=1S/C17H30N6O/c1-2-18-16(20-14-8-3-4-9-14)19-11-7-13-23-17(24)22-12-6-5-10-15(22)21-23/h14H,2-13H2,1H3,(H2,18,19,20). The van der Waals surface area contributed by atoms with Gasteiger partial charge in [0.2, 0.25) is 0 Å². The molecule has 134 valence electrons. The maximum Gasteiger partial charge on any atom is 0.345 e. The van der Waals surface area contributed by atoms with E-state index >= 15 is 0 Å². The van der Waals surface area contributed by atoms with Crippen molar-refractivity contribution >= 4 is 5.96 Å². The summed E-state index contributed by atoms with van der Waals surface area (Å²) in [5.74, 6) is 1.85. The third-order valence-electron chi connectivity index (χ3n) is 4.87. The Morgan fingerprint density at radius 2 is 2.12 bits per heavy atom. The molecule has 2 heterocycles. The average Bonchev–Trinajstić information content (AvgIpc) is 3.20. The summed E-state index contributed by atoms with van der Waals surface area (Å²) >= 11 is 0. The molecule has 7 heteroatoms. The monoisotopic (exact) mass is 334 g/mol. The van der Waals surface area contributed by atoms with E-state index in [-0.39, 0.29) is 5.69 Å². The van der Waals surface area contributed by atoms with Gasteiger partial charge in [-0.25, -0.2) is 9.48 Å². The fraction of sp³-hybridized carbons (Fsp3) is 0.824. The van der Waals surface area contributed by atoms with Gasteiger partial charge in [0, 0.05) is 38.6 Å². The van der Waals surface area contributed by atoms with Crippen LogP contribution in [0, 0.1) is 0 Å². The SMILES string of the molecule is CCNC(=NCCCn1nc2n(c1=O)CCCC2)NC1CCCC1. The summed E-state index contributed by atoms with van der Waals surface area (Å²) in [4.78, 5) is 16.9. The Kier molecular flexibility index (Phi) is 5.93. The van der Waals surface area contributed by atoms with E-state index in [0.29, 0.717) is 19.1 Å². The molecule has 1 aliphatic heterocycles. The van der Waals surface area contributed by atoms with E-state index in [2.05, 4.69) is 27.6 Å². The normalized spacial score (nSPS) is 18.6. The van der Waals surface area contributed by atoms with Crippen LogP contribution in [-0.2, 0) is 19.5 Å². The summed E-state index contributed by atoms with van der Waals surface area (Å²) in [7, 11) is 0. The highest BCUT2D eigenvalue weighted by atomic mass is 16.2. The van der Waals surface area contributed by atoms with Gasteiger partial charge in [0.25, 0.3) is 0 Å². The van der Waals surface area contributed by atoms with E-state index in [1.165, 1.54) is 25.7 Å². The van der Waals surface area contributed by atoms with Crippen molar-refractivity contribution in [3.05, 3.63) is 16.3 Å². The summed E-state index contributed by atoms with van der Waals surface area (Å²) in [5.41, 5.74) is 0.0460. The molecule has 24 heavy (non-hydrogen) atoms. The fourth-order valence-corrected chi connectivity index (χ4v) is 3.59. The topological polar surface area (TPSA) is 76.2 Å². The number of hydrogen-bond donors (Lipinski definition) is 2. The number of aryl methyl sites for hydroxylation is 2. The van der Waals surface area contributed by atoms with Gasteiger partial charge in [-0.15, -0.1) is 0 Å². The molecule has 0 atom stereocenters. The van der Waals surface area contributed by atoms with Crippen LogP contribution in [-0.4, -0.2) is 39.4 Å². The molecule has 1 aromatic rings. The predicted molar refractivity (Wildman–Crippen MR) is 95.4 cm³/mol. The van der Waals surface area contributed by atoms with Gasteiger partial charge < -0.3 is 10.6 Å². The maximum atomic E-state index is 12.3. The van der Waals surface area contributed by atoms with Gasteiger partial charge in [0.15, 0.2) is 5.96 Å². The molecule has 0 unspecified atom stereocenters. The molecule has 2 aliphatic rings. The number of aliphatic imine (C=N–C) groups is 1. The molecular weight excluding hydrogens is 304 g/mol. The molecule has 0 saturated heterocycles. The molecule has 1 aromatic heterocycles. The Hall–Kier alpha value is -1.79. The highest BCUT2D eigenvalue weighted by Gasteiger charge is 2.17. The van der Waals surface area contributed by atoms with E-state index in [4.69, 9.17) is 0 Å². The number of rotatable bonds is 6. The smallest absolute Gasteiger partial charge is 0.345 e. The molecule has 3 rings (SSSR count). The summed E-state index contributed by atoms with van der Waals surface area (Å²) in [5, 5.41) is 11.3. The first-order chi connectivity index (χ1) is 11.8. The molecule has 0 amide bonds. The Bertz CT molecular complexity index is 611. The van der Waals surface area contributed by atoms with Gasteiger partial charge in [-0.3, -0.25) is 9.56 Å². The number of nitrogens with zero attached hydrogens (tertiary/aromatic N) is 4. The lowest BCUT2D eigenvalue weighted by Gasteiger charge is -2.16. The minimum absolute atomic E-state index is 0.0460. The zero-order valence-corrected chi connectivity index (χ0v) is 14.8. The highest BCUT2D eigenvalue weighted by Crippen LogP contribution is 2.17. The van der Waals surface area contributed by atoms with E-state index in [0.717, 1.165) is 50.6 Å². The zero-order valence-electron chi connectivity index (χ0n) is 14.8. The predicted octanol–water partition coefficient (Wildman–Crippen LogP) is 1.27. The summed E-state index contributed by atoms with van der Waals surface area (Å²) < 4.78 is 3.45. The lowest BCUT2D eigenvalue weighted by atomic mass is 10.2. The molecule has 0 aromatic carbocycles. The highest BCUT2D eigenvalue weighted by molar-refractivity contribution is 5.80. The number of aromatic nitrogens is 3. The lowest BCUT2D eigenvalue weighted by molar-refractivity contribution is 0.509. The summed E-state index contributed by atoms with van der Waals surface area (Å²) in [6.45, 7) is 5.12. The number of hydrogen-bond acceptors (Lipinski definition) is 3. The van der Waals surface area contributed by atoms with Crippen molar-refractivity contribution in [2.75, 3.05) is 13.1 Å². The van der Waals surface area contributed by atoms with Crippen LogP contribution in [0.2, 0.25) is 0 Å². The van der Waals surface area contributed by atoms with Gasteiger partial charge >= 0.3 is 5.69 Å². The lowest BCUT2D eigenvalue weighted by Crippen LogP contribution is -2.42. The molecule has 1 aliphatic carbocycles. The van der Waals surface area contributed by atoms with Crippen LogP contribution in [0.4, 0.5) is 0 Å². The molecule has 1 fully saturated rings. The quantitative estimate of drug-likeness (QED) is 0.467. The molecule has 2 N–H and O–H groups in total. The molecule has 0 radical (unpaired) electrons.